The highest BCUT2D eigenvalue weighted by atomic mass is 32.2. The minimum absolute atomic E-state index is 0.235. The molecule has 1 unspecified atom stereocenters. The maximum Gasteiger partial charge on any atom is 0.264 e. The summed E-state index contributed by atoms with van der Waals surface area (Å²) in [5.74, 6) is 0. The van der Waals surface area contributed by atoms with E-state index in [1.165, 1.54) is 4.31 Å². The lowest BCUT2D eigenvalue weighted by Crippen LogP contribution is -2.28. The fourth-order valence-corrected chi connectivity index (χ4v) is 5.69. The molecule has 1 atom stereocenters. The van der Waals surface area contributed by atoms with Gasteiger partial charge in [0.05, 0.1) is 9.80 Å². The standard InChI is InChI=1S/C17H19NO4S2/c1-2-16(23(19)20)15-10-6-12-18(15)24(21,22)17-11-5-8-13-7-3-4-9-14(13)17/h3-5,7-9,11H,2,6,10,12H2,1H3,(H,19,20). The summed E-state index contributed by atoms with van der Waals surface area (Å²) in [6.07, 6.45) is 1.50. The first-order chi connectivity index (χ1) is 11.5. The van der Waals surface area contributed by atoms with Crippen LogP contribution in [-0.2, 0) is 21.1 Å². The van der Waals surface area contributed by atoms with Crippen LogP contribution >= 0.6 is 0 Å². The van der Waals surface area contributed by atoms with Crippen LogP contribution in [0.2, 0.25) is 0 Å². The molecule has 1 fully saturated rings. The molecule has 5 nitrogen and oxygen atoms in total. The van der Waals surface area contributed by atoms with E-state index in [0.29, 0.717) is 36.9 Å². The molecule has 1 aliphatic heterocycles. The number of hydrogen-bond acceptors (Lipinski definition) is 3. The number of sulfonamides is 1. The molecule has 0 amide bonds. The summed E-state index contributed by atoms with van der Waals surface area (Å²) in [5, 5.41) is 1.51. The number of hydrogen-bond donors (Lipinski definition) is 1. The van der Waals surface area contributed by atoms with Crippen LogP contribution in [0.5, 0.6) is 0 Å². The van der Waals surface area contributed by atoms with Crippen LogP contribution in [0.3, 0.4) is 0 Å². The van der Waals surface area contributed by atoms with Crippen molar-refractivity contribution in [2.75, 3.05) is 6.54 Å². The van der Waals surface area contributed by atoms with E-state index in [-0.39, 0.29) is 9.80 Å². The van der Waals surface area contributed by atoms with Crippen LogP contribution < -0.4 is 0 Å². The van der Waals surface area contributed by atoms with Crippen LogP contribution in [0.1, 0.15) is 26.2 Å². The van der Waals surface area contributed by atoms with Crippen molar-refractivity contribution in [3.05, 3.63) is 53.1 Å². The molecule has 3 rings (SSSR count). The third kappa shape index (κ3) is 2.87. The Morgan fingerprint density at radius 3 is 2.62 bits per heavy atom. The van der Waals surface area contributed by atoms with Crippen molar-refractivity contribution in [2.45, 2.75) is 31.1 Å². The molecule has 0 radical (unpaired) electrons. The van der Waals surface area contributed by atoms with Crippen LogP contribution in [0, 0.1) is 0 Å². The zero-order valence-electron chi connectivity index (χ0n) is 13.3. The fourth-order valence-electron chi connectivity index (χ4n) is 3.16. The van der Waals surface area contributed by atoms with Crippen molar-refractivity contribution in [2.24, 2.45) is 0 Å². The van der Waals surface area contributed by atoms with Crippen LogP contribution in [-0.4, -0.2) is 28.0 Å². The molecule has 1 saturated heterocycles. The van der Waals surface area contributed by atoms with Crippen molar-refractivity contribution < 1.29 is 17.2 Å². The number of nitrogens with zero attached hydrogens (tertiary/aromatic N) is 1. The largest absolute Gasteiger partial charge is 0.302 e. The molecule has 0 aliphatic carbocycles. The molecule has 1 aliphatic rings. The molecule has 2 aromatic carbocycles. The van der Waals surface area contributed by atoms with Gasteiger partial charge in [-0.3, -0.25) is 4.31 Å². The van der Waals surface area contributed by atoms with Gasteiger partial charge in [-0.05, 0) is 30.7 Å². The monoisotopic (exact) mass is 365 g/mol. The molecule has 1 heterocycles. The summed E-state index contributed by atoms with van der Waals surface area (Å²) >= 11 is -2.16. The van der Waals surface area contributed by atoms with E-state index in [4.69, 9.17) is 0 Å². The summed E-state index contributed by atoms with van der Waals surface area (Å²) in [5.41, 5.74) is 0.464. The Morgan fingerprint density at radius 2 is 1.92 bits per heavy atom. The van der Waals surface area contributed by atoms with E-state index in [9.17, 15) is 17.2 Å². The predicted molar refractivity (Wildman–Crippen MR) is 95.2 cm³/mol. The highest BCUT2D eigenvalue weighted by Crippen LogP contribution is 2.34. The Kier molecular flexibility index (Phi) is 4.76. The Hall–Kier alpha value is -1.70. The molecular formula is C17H19NO4S2. The topological polar surface area (TPSA) is 74.7 Å². The van der Waals surface area contributed by atoms with Gasteiger partial charge in [-0.15, -0.1) is 0 Å². The van der Waals surface area contributed by atoms with Gasteiger partial charge in [0.15, 0.2) is 11.1 Å². The van der Waals surface area contributed by atoms with E-state index >= 15 is 0 Å². The first-order valence-corrected chi connectivity index (χ1v) is 10.3. The third-order valence-electron chi connectivity index (χ3n) is 4.25. The average Bonchev–Trinajstić information content (AvgIpc) is 3.04. The molecule has 1 N–H and O–H groups in total. The lowest BCUT2D eigenvalue weighted by atomic mass is 10.1. The first kappa shape index (κ1) is 17.1. The van der Waals surface area contributed by atoms with Gasteiger partial charge in [-0.2, -0.15) is 0 Å². The average molecular weight is 365 g/mol. The maximum absolute atomic E-state index is 13.2. The molecule has 24 heavy (non-hydrogen) atoms. The highest BCUT2D eigenvalue weighted by Gasteiger charge is 2.33. The van der Waals surface area contributed by atoms with Crippen molar-refractivity contribution in [3.8, 4) is 0 Å². The molecule has 0 bridgehead atoms. The summed E-state index contributed by atoms with van der Waals surface area (Å²) in [7, 11) is -3.77. The minimum atomic E-state index is -3.77. The summed E-state index contributed by atoms with van der Waals surface area (Å²) in [6.45, 7) is 2.10. The smallest absolute Gasteiger partial charge is 0.264 e. The van der Waals surface area contributed by atoms with Gasteiger partial charge in [0.2, 0.25) is 0 Å². The first-order valence-electron chi connectivity index (χ1n) is 7.80. The zero-order valence-corrected chi connectivity index (χ0v) is 14.9. The van der Waals surface area contributed by atoms with Crippen LogP contribution in [0.4, 0.5) is 0 Å². The van der Waals surface area contributed by atoms with Gasteiger partial charge in [0.1, 0.15) is 0 Å². The SMILES string of the molecule is CCC(=C1CCCN1S(=O)(=O)c1cccc2ccccc12)S(=O)O. The second-order valence-corrected chi connectivity index (χ2v) is 8.45. The van der Waals surface area contributed by atoms with E-state index in [1.807, 2.05) is 24.3 Å². The lowest BCUT2D eigenvalue weighted by molar-refractivity contribution is 0.508. The molecule has 0 spiro atoms. The Bertz CT molecular complexity index is 929. The number of fused-ring (bicyclic) bond motifs is 1. The van der Waals surface area contributed by atoms with Gasteiger partial charge in [-0.1, -0.05) is 43.3 Å². The van der Waals surface area contributed by atoms with E-state index in [0.717, 1.165) is 5.39 Å². The predicted octanol–water partition coefficient (Wildman–Crippen LogP) is 3.47. The van der Waals surface area contributed by atoms with E-state index in [1.54, 1.807) is 25.1 Å². The Balaban J connectivity index is 2.18. The lowest BCUT2D eigenvalue weighted by Gasteiger charge is -2.22. The van der Waals surface area contributed by atoms with Gasteiger partial charge < -0.3 is 4.55 Å². The fraction of sp³-hybridized carbons (Fsp3) is 0.294. The van der Waals surface area contributed by atoms with Crippen LogP contribution in [0.15, 0.2) is 58.0 Å². The van der Waals surface area contributed by atoms with E-state index < -0.39 is 21.1 Å². The van der Waals surface area contributed by atoms with Crippen molar-refractivity contribution in [3.63, 3.8) is 0 Å². The van der Waals surface area contributed by atoms with Gasteiger partial charge in [-0.25, -0.2) is 12.6 Å². The van der Waals surface area contributed by atoms with Crippen molar-refractivity contribution >= 4 is 31.9 Å². The molecular weight excluding hydrogens is 346 g/mol. The molecule has 0 saturated carbocycles. The van der Waals surface area contributed by atoms with Crippen LogP contribution in [0.25, 0.3) is 10.8 Å². The maximum atomic E-state index is 13.2. The Morgan fingerprint density at radius 1 is 1.21 bits per heavy atom. The van der Waals surface area contributed by atoms with Crippen molar-refractivity contribution in [1.29, 1.82) is 0 Å². The molecule has 7 heteroatoms. The second-order valence-electron chi connectivity index (χ2n) is 5.63. The van der Waals surface area contributed by atoms with Gasteiger partial charge >= 0.3 is 0 Å². The molecule has 2 aromatic rings. The minimum Gasteiger partial charge on any atom is -0.302 e. The van der Waals surface area contributed by atoms with Gasteiger partial charge in [0.25, 0.3) is 10.0 Å². The summed E-state index contributed by atoms with van der Waals surface area (Å²) in [4.78, 5) is 0.524. The summed E-state index contributed by atoms with van der Waals surface area (Å²) < 4.78 is 48.8. The normalized spacial score (nSPS) is 18.8. The number of benzene rings is 2. The number of allylic oxidation sites excluding steroid dienone is 2. The quantitative estimate of drug-likeness (QED) is 0.842. The zero-order chi connectivity index (χ0) is 17.3. The summed E-state index contributed by atoms with van der Waals surface area (Å²) in [6, 6.07) is 12.5. The third-order valence-corrected chi connectivity index (χ3v) is 7.09. The number of rotatable bonds is 4. The Labute approximate surface area is 144 Å². The second kappa shape index (κ2) is 6.66. The van der Waals surface area contributed by atoms with E-state index in [2.05, 4.69) is 0 Å². The van der Waals surface area contributed by atoms with Crippen molar-refractivity contribution in [1.82, 2.24) is 4.31 Å². The molecule has 0 aromatic heterocycles. The molecule has 128 valence electrons. The highest BCUT2D eigenvalue weighted by molar-refractivity contribution is 7.89. The van der Waals surface area contributed by atoms with Gasteiger partial charge in [0, 0.05) is 17.6 Å².